The first-order chi connectivity index (χ1) is 11.7. The summed E-state index contributed by atoms with van der Waals surface area (Å²) in [5, 5.41) is 2.29. The largest absolute Gasteiger partial charge is 0.416 e. The molecule has 2 aromatic rings. The molecule has 8 heteroatoms. The van der Waals surface area contributed by atoms with Crippen LogP contribution in [-0.2, 0) is 17.4 Å². The Hall–Kier alpha value is -2.90. The highest BCUT2D eigenvalue weighted by atomic mass is 19.4. The van der Waals surface area contributed by atoms with Gasteiger partial charge in [-0.15, -0.1) is 0 Å². The molecule has 0 saturated heterocycles. The van der Waals surface area contributed by atoms with Crippen molar-refractivity contribution in [2.45, 2.75) is 18.6 Å². The fourth-order valence-electron chi connectivity index (χ4n) is 2.17. The number of primary amides is 1. The lowest BCUT2D eigenvalue weighted by molar-refractivity contribution is -0.137. The summed E-state index contributed by atoms with van der Waals surface area (Å²) in [5.41, 5.74) is 4.49. The van der Waals surface area contributed by atoms with Crippen LogP contribution in [0.2, 0.25) is 0 Å². The van der Waals surface area contributed by atoms with Crippen LogP contribution in [-0.4, -0.2) is 17.9 Å². The van der Waals surface area contributed by atoms with Gasteiger partial charge in [0.05, 0.1) is 11.1 Å². The van der Waals surface area contributed by atoms with Crippen LogP contribution in [0.15, 0.2) is 48.5 Å². The first-order valence-corrected chi connectivity index (χ1v) is 7.19. The van der Waals surface area contributed by atoms with Gasteiger partial charge in [-0.25, -0.2) is 4.39 Å². The Morgan fingerprint density at radius 3 is 2.16 bits per heavy atom. The monoisotopic (exact) mass is 354 g/mol. The van der Waals surface area contributed by atoms with Gasteiger partial charge in [0.15, 0.2) is 0 Å². The molecule has 2 aromatic carbocycles. The molecule has 3 N–H and O–H groups in total. The van der Waals surface area contributed by atoms with E-state index in [1.807, 2.05) is 0 Å². The van der Waals surface area contributed by atoms with Crippen LogP contribution < -0.4 is 11.1 Å². The molecule has 0 spiro atoms. The van der Waals surface area contributed by atoms with Gasteiger partial charge in [0.1, 0.15) is 11.9 Å². The molecule has 0 saturated carbocycles. The summed E-state index contributed by atoms with van der Waals surface area (Å²) >= 11 is 0. The Bertz CT molecular complexity index is 773. The van der Waals surface area contributed by atoms with Crippen LogP contribution in [0.5, 0.6) is 0 Å². The smallest absolute Gasteiger partial charge is 0.368 e. The number of carbonyl (C=O) groups excluding carboxylic acids is 2. The third-order valence-corrected chi connectivity index (χ3v) is 3.49. The molecule has 0 aliphatic carbocycles. The number of benzene rings is 2. The minimum Gasteiger partial charge on any atom is -0.368 e. The van der Waals surface area contributed by atoms with E-state index in [9.17, 15) is 27.2 Å². The third kappa shape index (κ3) is 4.79. The van der Waals surface area contributed by atoms with E-state index in [1.54, 1.807) is 0 Å². The number of nitrogens with two attached hydrogens (primary N) is 1. The van der Waals surface area contributed by atoms with Crippen molar-refractivity contribution in [3.05, 3.63) is 71.0 Å². The van der Waals surface area contributed by atoms with Crippen LogP contribution in [0.4, 0.5) is 17.6 Å². The van der Waals surface area contributed by atoms with E-state index in [1.165, 1.54) is 30.3 Å². The SMILES string of the molecule is NC(=O)[C@@H](Cc1ccc(C(F)(F)F)cc1)NC(=O)c1ccccc1F. The molecule has 132 valence electrons. The summed E-state index contributed by atoms with van der Waals surface area (Å²) in [6.45, 7) is 0. The second-order valence-electron chi connectivity index (χ2n) is 5.31. The van der Waals surface area contributed by atoms with Crippen molar-refractivity contribution in [3.8, 4) is 0 Å². The number of halogens is 4. The summed E-state index contributed by atoms with van der Waals surface area (Å²) < 4.78 is 51.2. The Balaban J connectivity index is 2.12. The van der Waals surface area contributed by atoms with Gasteiger partial charge >= 0.3 is 6.18 Å². The lowest BCUT2D eigenvalue weighted by atomic mass is 10.0. The van der Waals surface area contributed by atoms with E-state index in [0.717, 1.165) is 18.2 Å². The molecule has 2 amide bonds. The van der Waals surface area contributed by atoms with Gasteiger partial charge < -0.3 is 11.1 Å². The first kappa shape index (κ1) is 18.4. The molecule has 2 rings (SSSR count). The Morgan fingerprint density at radius 2 is 1.64 bits per heavy atom. The Kier molecular flexibility index (Phi) is 5.41. The van der Waals surface area contributed by atoms with Gasteiger partial charge in [0, 0.05) is 6.42 Å². The average molecular weight is 354 g/mol. The lowest BCUT2D eigenvalue weighted by Crippen LogP contribution is -2.46. The Labute approximate surface area is 140 Å². The van der Waals surface area contributed by atoms with Crippen LogP contribution >= 0.6 is 0 Å². The minimum absolute atomic E-state index is 0.117. The number of hydrogen-bond acceptors (Lipinski definition) is 2. The topological polar surface area (TPSA) is 72.2 Å². The molecular weight excluding hydrogens is 340 g/mol. The zero-order chi connectivity index (χ0) is 18.6. The molecule has 0 fully saturated rings. The van der Waals surface area contributed by atoms with Crippen molar-refractivity contribution in [1.82, 2.24) is 5.32 Å². The fraction of sp³-hybridized carbons (Fsp3) is 0.176. The summed E-state index contributed by atoms with van der Waals surface area (Å²) in [4.78, 5) is 23.6. The maximum absolute atomic E-state index is 13.6. The van der Waals surface area contributed by atoms with Crippen LogP contribution in [0.3, 0.4) is 0 Å². The van der Waals surface area contributed by atoms with E-state index < -0.39 is 35.4 Å². The van der Waals surface area contributed by atoms with E-state index >= 15 is 0 Å². The van der Waals surface area contributed by atoms with Gasteiger partial charge in [-0.2, -0.15) is 13.2 Å². The maximum atomic E-state index is 13.6. The van der Waals surface area contributed by atoms with Gasteiger partial charge in [-0.05, 0) is 29.8 Å². The van der Waals surface area contributed by atoms with E-state index in [-0.39, 0.29) is 12.0 Å². The van der Waals surface area contributed by atoms with E-state index in [4.69, 9.17) is 5.73 Å². The van der Waals surface area contributed by atoms with Crippen molar-refractivity contribution >= 4 is 11.8 Å². The molecular formula is C17H14F4N2O2. The van der Waals surface area contributed by atoms with Gasteiger partial charge in [-0.3, -0.25) is 9.59 Å². The molecule has 1 atom stereocenters. The van der Waals surface area contributed by atoms with Crippen molar-refractivity contribution in [3.63, 3.8) is 0 Å². The van der Waals surface area contributed by atoms with Crippen molar-refractivity contribution in [1.29, 1.82) is 0 Å². The highest BCUT2D eigenvalue weighted by molar-refractivity contribution is 5.97. The van der Waals surface area contributed by atoms with Gasteiger partial charge in [0.25, 0.3) is 5.91 Å². The molecule has 0 unspecified atom stereocenters. The van der Waals surface area contributed by atoms with E-state index in [2.05, 4.69) is 5.32 Å². The highest BCUT2D eigenvalue weighted by Gasteiger charge is 2.30. The summed E-state index contributed by atoms with van der Waals surface area (Å²) in [6, 6.07) is 8.10. The number of hydrogen-bond donors (Lipinski definition) is 2. The highest BCUT2D eigenvalue weighted by Crippen LogP contribution is 2.29. The van der Waals surface area contributed by atoms with Crippen molar-refractivity contribution in [2.24, 2.45) is 5.73 Å². The van der Waals surface area contributed by atoms with Crippen LogP contribution in [0, 0.1) is 5.82 Å². The molecule has 0 bridgehead atoms. The molecule has 0 aromatic heterocycles. The second-order valence-corrected chi connectivity index (χ2v) is 5.31. The van der Waals surface area contributed by atoms with Gasteiger partial charge in [0.2, 0.25) is 5.91 Å². The maximum Gasteiger partial charge on any atom is 0.416 e. The number of rotatable bonds is 5. The predicted molar refractivity (Wildman–Crippen MR) is 82.0 cm³/mol. The number of amides is 2. The van der Waals surface area contributed by atoms with Crippen LogP contribution in [0.25, 0.3) is 0 Å². The quantitative estimate of drug-likeness (QED) is 0.811. The molecule has 0 heterocycles. The standard InChI is InChI=1S/C17H14F4N2O2/c18-13-4-2-1-3-12(13)16(25)23-14(15(22)24)9-10-5-7-11(8-6-10)17(19,20)21/h1-8,14H,9H2,(H2,22,24)(H,23,25)/t14-/m1/s1. The first-order valence-electron chi connectivity index (χ1n) is 7.19. The lowest BCUT2D eigenvalue weighted by Gasteiger charge is -2.16. The third-order valence-electron chi connectivity index (χ3n) is 3.49. The molecule has 0 aliphatic rings. The van der Waals surface area contributed by atoms with Crippen LogP contribution in [0.1, 0.15) is 21.5 Å². The van der Waals surface area contributed by atoms with Gasteiger partial charge in [-0.1, -0.05) is 24.3 Å². The van der Waals surface area contributed by atoms with Crippen molar-refractivity contribution in [2.75, 3.05) is 0 Å². The summed E-state index contributed by atoms with van der Waals surface area (Å²) in [5.74, 6) is -2.49. The zero-order valence-electron chi connectivity index (χ0n) is 12.8. The van der Waals surface area contributed by atoms with E-state index in [0.29, 0.717) is 5.56 Å². The minimum atomic E-state index is -4.47. The molecule has 4 nitrogen and oxygen atoms in total. The van der Waals surface area contributed by atoms with Crippen molar-refractivity contribution < 1.29 is 27.2 Å². The Morgan fingerprint density at radius 1 is 1.04 bits per heavy atom. The molecule has 0 radical (unpaired) electrons. The molecule has 25 heavy (non-hydrogen) atoms. The normalized spacial score (nSPS) is 12.5. The predicted octanol–water partition coefficient (Wildman–Crippen LogP) is 2.67. The number of nitrogens with one attached hydrogen (secondary N) is 1. The number of alkyl halides is 3. The second kappa shape index (κ2) is 7.33. The summed E-state index contributed by atoms with van der Waals surface area (Å²) in [7, 11) is 0. The fourth-order valence-corrected chi connectivity index (χ4v) is 2.17. The zero-order valence-corrected chi connectivity index (χ0v) is 12.8. The summed E-state index contributed by atoms with van der Waals surface area (Å²) in [6.07, 6.45) is -4.59. The number of carbonyl (C=O) groups is 2. The molecule has 0 aliphatic heterocycles. The average Bonchev–Trinajstić information content (AvgIpc) is 2.54.